The summed E-state index contributed by atoms with van der Waals surface area (Å²) in [6, 6.07) is 8.50. The Bertz CT molecular complexity index is 599. The zero-order chi connectivity index (χ0) is 13.8. The third kappa shape index (κ3) is 3.23. The standard InChI is InChI=1S/C13H12BrN3O2/c1-19-11-6-9(3-4-10(11)14)17-13(18)8-2-5-12(15)16-7-8/h2-7H,1H3,(H2,15,16)(H,17,18). The molecule has 19 heavy (non-hydrogen) atoms. The average molecular weight is 322 g/mol. The summed E-state index contributed by atoms with van der Waals surface area (Å²) in [7, 11) is 1.57. The molecule has 0 saturated heterocycles. The fourth-order valence-corrected chi connectivity index (χ4v) is 1.89. The van der Waals surface area contributed by atoms with Crippen LogP contribution >= 0.6 is 15.9 Å². The van der Waals surface area contributed by atoms with E-state index in [4.69, 9.17) is 10.5 Å². The molecule has 1 heterocycles. The molecule has 98 valence electrons. The summed E-state index contributed by atoms with van der Waals surface area (Å²) in [5, 5.41) is 2.76. The summed E-state index contributed by atoms with van der Waals surface area (Å²) in [6.45, 7) is 0. The number of anilines is 2. The molecule has 1 aromatic carbocycles. The first-order valence-corrected chi connectivity index (χ1v) is 6.26. The van der Waals surface area contributed by atoms with E-state index in [0.29, 0.717) is 22.8 Å². The Morgan fingerprint density at radius 1 is 1.37 bits per heavy atom. The van der Waals surface area contributed by atoms with E-state index in [2.05, 4.69) is 26.2 Å². The fourth-order valence-electron chi connectivity index (χ4n) is 1.48. The van der Waals surface area contributed by atoms with Gasteiger partial charge in [0.2, 0.25) is 0 Å². The van der Waals surface area contributed by atoms with Crippen molar-refractivity contribution in [3.8, 4) is 5.75 Å². The van der Waals surface area contributed by atoms with Crippen LogP contribution in [0.1, 0.15) is 10.4 Å². The van der Waals surface area contributed by atoms with Gasteiger partial charge in [-0.2, -0.15) is 0 Å². The van der Waals surface area contributed by atoms with E-state index in [-0.39, 0.29) is 5.91 Å². The minimum atomic E-state index is -0.253. The maximum absolute atomic E-state index is 12.0. The number of hydrogen-bond acceptors (Lipinski definition) is 4. The quantitative estimate of drug-likeness (QED) is 0.911. The molecule has 1 amide bonds. The van der Waals surface area contributed by atoms with Crippen LogP contribution < -0.4 is 15.8 Å². The molecule has 0 saturated carbocycles. The number of rotatable bonds is 3. The van der Waals surface area contributed by atoms with Crippen LogP contribution in [0.4, 0.5) is 11.5 Å². The number of benzene rings is 1. The van der Waals surface area contributed by atoms with Crippen molar-refractivity contribution in [2.45, 2.75) is 0 Å². The van der Waals surface area contributed by atoms with Crippen LogP contribution in [0.5, 0.6) is 5.75 Å². The lowest BCUT2D eigenvalue weighted by Crippen LogP contribution is -2.12. The van der Waals surface area contributed by atoms with Gasteiger partial charge < -0.3 is 15.8 Å². The first kappa shape index (κ1) is 13.4. The summed E-state index contributed by atoms with van der Waals surface area (Å²) in [5.41, 5.74) is 6.55. The number of methoxy groups -OCH3 is 1. The molecule has 6 heteroatoms. The second-order valence-corrected chi connectivity index (χ2v) is 4.63. The zero-order valence-electron chi connectivity index (χ0n) is 10.2. The Morgan fingerprint density at radius 3 is 2.79 bits per heavy atom. The maximum Gasteiger partial charge on any atom is 0.257 e. The second kappa shape index (κ2) is 5.71. The van der Waals surface area contributed by atoms with Gasteiger partial charge in [-0.05, 0) is 40.2 Å². The molecule has 2 rings (SSSR count). The Balaban J connectivity index is 2.17. The Morgan fingerprint density at radius 2 is 2.16 bits per heavy atom. The van der Waals surface area contributed by atoms with Gasteiger partial charge >= 0.3 is 0 Å². The van der Waals surface area contributed by atoms with E-state index in [1.807, 2.05) is 0 Å². The second-order valence-electron chi connectivity index (χ2n) is 3.78. The molecule has 0 atom stereocenters. The Labute approximate surface area is 118 Å². The first-order valence-electron chi connectivity index (χ1n) is 5.46. The minimum Gasteiger partial charge on any atom is -0.495 e. The molecule has 2 aromatic rings. The van der Waals surface area contributed by atoms with Crippen molar-refractivity contribution in [2.24, 2.45) is 0 Å². The van der Waals surface area contributed by atoms with Gasteiger partial charge in [-0.3, -0.25) is 4.79 Å². The normalized spacial score (nSPS) is 10.0. The monoisotopic (exact) mass is 321 g/mol. The molecule has 0 spiro atoms. The summed E-state index contributed by atoms with van der Waals surface area (Å²) < 4.78 is 5.98. The number of hydrogen-bond donors (Lipinski definition) is 2. The predicted octanol–water partition coefficient (Wildman–Crippen LogP) is 2.69. The van der Waals surface area contributed by atoms with E-state index in [0.717, 1.165) is 4.47 Å². The largest absolute Gasteiger partial charge is 0.495 e. The number of nitrogens with one attached hydrogen (secondary N) is 1. The van der Waals surface area contributed by atoms with Gasteiger partial charge in [0.1, 0.15) is 11.6 Å². The number of nitrogens with two attached hydrogens (primary N) is 1. The molecule has 0 aliphatic heterocycles. The lowest BCUT2D eigenvalue weighted by Gasteiger charge is -2.08. The molecule has 5 nitrogen and oxygen atoms in total. The number of halogens is 1. The van der Waals surface area contributed by atoms with Gasteiger partial charge in [0, 0.05) is 18.0 Å². The molecule has 3 N–H and O–H groups in total. The zero-order valence-corrected chi connectivity index (χ0v) is 11.8. The van der Waals surface area contributed by atoms with Crippen molar-refractivity contribution < 1.29 is 9.53 Å². The number of carbonyl (C=O) groups is 1. The van der Waals surface area contributed by atoms with Crippen molar-refractivity contribution in [3.63, 3.8) is 0 Å². The van der Waals surface area contributed by atoms with E-state index < -0.39 is 0 Å². The number of aromatic nitrogens is 1. The van der Waals surface area contributed by atoms with Crippen molar-refractivity contribution in [1.82, 2.24) is 4.98 Å². The maximum atomic E-state index is 12.0. The number of amides is 1. The molecule has 0 radical (unpaired) electrons. The third-order valence-corrected chi connectivity index (χ3v) is 3.11. The van der Waals surface area contributed by atoms with Crippen LogP contribution in [-0.2, 0) is 0 Å². The third-order valence-electron chi connectivity index (χ3n) is 2.46. The molecule has 1 aromatic heterocycles. The lowest BCUT2D eigenvalue weighted by molar-refractivity contribution is 0.102. The van der Waals surface area contributed by atoms with Crippen LogP contribution in [-0.4, -0.2) is 18.0 Å². The van der Waals surface area contributed by atoms with E-state index in [9.17, 15) is 4.79 Å². The van der Waals surface area contributed by atoms with Crippen LogP contribution in [0.3, 0.4) is 0 Å². The highest BCUT2D eigenvalue weighted by Gasteiger charge is 2.08. The summed E-state index contributed by atoms with van der Waals surface area (Å²) in [5.74, 6) is 0.770. The van der Waals surface area contributed by atoms with Crippen molar-refractivity contribution in [3.05, 3.63) is 46.6 Å². The molecule has 0 aliphatic rings. The van der Waals surface area contributed by atoms with E-state index in [1.54, 1.807) is 37.4 Å². The van der Waals surface area contributed by atoms with Gasteiger partial charge in [0.25, 0.3) is 5.91 Å². The van der Waals surface area contributed by atoms with Gasteiger partial charge in [0.05, 0.1) is 17.1 Å². The number of nitrogen functional groups attached to an aromatic ring is 1. The molecular formula is C13H12BrN3O2. The Hall–Kier alpha value is -2.08. The Kier molecular flexibility index (Phi) is 4.01. The molecular weight excluding hydrogens is 310 g/mol. The summed E-state index contributed by atoms with van der Waals surface area (Å²) in [4.78, 5) is 15.8. The number of carbonyl (C=O) groups excluding carboxylic acids is 1. The van der Waals surface area contributed by atoms with Crippen molar-refractivity contribution in [2.75, 3.05) is 18.2 Å². The highest BCUT2D eigenvalue weighted by Crippen LogP contribution is 2.28. The van der Waals surface area contributed by atoms with Crippen LogP contribution in [0.15, 0.2) is 41.0 Å². The van der Waals surface area contributed by atoms with Crippen LogP contribution in [0, 0.1) is 0 Å². The minimum absolute atomic E-state index is 0.253. The SMILES string of the molecule is COc1cc(NC(=O)c2ccc(N)nc2)ccc1Br. The highest BCUT2D eigenvalue weighted by molar-refractivity contribution is 9.10. The van der Waals surface area contributed by atoms with Gasteiger partial charge in [-0.15, -0.1) is 0 Å². The predicted molar refractivity (Wildman–Crippen MR) is 77.3 cm³/mol. The van der Waals surface area contributed by atoms with Crippen LogP contribution in [0.25, 0.3) is 0 Å². The van der Waals surface area contributed by atoms with Crippen LogP contribution in [0.2, 0.25) is 0 Å². The molecule has 0 aliphatic carbocycles. The molecule has 0 fully saturated rings. The lowest BCUT2D eigenvalue weighted by atomic mass is 10.2. The highest BCUT2D eigenvalue weighted by atomic mass is 79.9. The summed E-state index contributed by atoms with van der Waals surface area (Å²) in [6.07, 6.45) is 1.43. The molecule has 0 unspecified atom stereocenters. The van der Waals surface area contributed by atoms with Gasteiger partial charge in [-0.25, -0.2) is 4.98 Å². The van der Waals surface area contributed by atoms with E-state index in [1.165, 1.54) is 6.20 Å². The fraction of sp³-hybridized carbons (Fsp3) is 0.0769. The van der Waals surface area contributed by atoms with E-state index >= 15 is 0 Å². The number of pyridine rings is 1. The van der Waals surface area contributed by atoms with Crippen molar-refractivity contribution >= 4 is 33.3 Å². The molecule has 0 bridgehead atoms. The van der Waals surface area contributed by atoms with Crippen molar-refractivity contribution in [1.29, 1.82) is 0 Å². The summed E-state index contributed by atoms with van der Waals surface area (Å²) >= 11 is 3.35. The first-order chi connectivity index (χ1) is 9.10. The topological polar surface area (TPSA) is 77.2 Å². The van der Waals surface area contributed by atoms with Gasteiger partial charge in [-0.1, -0.05) is 0 Å². The smallest absolute Gasteiger partial charge is 0.257 e. The van der Waals surface area contributed by atoms with Gasteiger partial charge in [0.15, 0.2) is 0 Å². The number of ether oxygens (including phenoxy) is 1. The average Bonchev–Trinajstić information content (AvgIpc) is 2.41. The number of nitrogens with zero attached hydrogens (tertiary/aromatic N) is 1.